The smallest absolute Gasteiger partial charge is 0.229 e. The molecule has 0 spiro atoms. The summed E-state index contributed by atoms with van der Waals surface area (Å²) < 4.78 is 0. The summed E-state index contributed by atoms with van der Waals surface area (Å²) in [5.41, 5.74) is 2.60. The summed E-state index contributed by atoms with van der Waals surface area (Å²) in [6.45, 7) is 2.83. The molecular formula is C12H17NOS. The summed E-state index contributed by atoms with van der Waals surface area (Å²) in [4.78, 5) is 10.9. The first-order valence-electron chi connectivity index (χ1n) is 5.21. The molecule has 1 aromatic carbocycles. The van der Waals surface area contributed by atoms with E-state index in [1.54, 1.807) is 0 Å². The topological polar surface area (TPSA) is 29.1 Å². The molecule has 0 saturated heterocycles. The predicted octanol–water partition coefficient (Wildman–Crippen LogP) is 1.84. The Labute approximate surface area is 96.5 Å². The minimum absolute atomic E-state index is 0.0106. The third-order valence-corrected chi connectivity index (χ3v) is 2.60. The van der Waals surface area contributed by atoms with Crippen LogP contribution in [0.1, 0.15) is 18.1 Å². The fourth-order valence-electron chi connectivity index (χ4n) is 1.34. The van der Waals surface area contributed by atoms with Gasteiger partial charge in [-0.15, -0.1) is 0 Å². The van der Waals surface area contributed by atoms with Crippen LogP contribution in [0, 0.1) is 0 Å². The Kier molecular flexibility index (Phi) is 5.26. The summed E-state index contributed by atoms with van der Waals surface area (Å²) in [7, 11) is 0. The van der Waals surface area contributed by atoms with Gasteiger partial charge in [-0.3, -0.25) is 4.79 Å². The second-order valence-corrected chi connectivity index (χ2v) is 3.74. The van der Waals surface area contributed by atoms with Gasteiger partial charge in [0.1, 0.15) is 0 Å². The number of benzene rings is 1. The highest BCUT2D eigenvalue weighted by Gasteiger charge is 1.97. The van der Waals surface area contributed by atoms with E-state index >= 15 is 0 Å². The van der Waals surface area contributed by atoms with Gasteiger partial charge in [-0.2, -0.15) is 12.6 Å². The monoisotopic (exact) mass is 223 g/mol. The van der Waals surface area contributed by atoms with Crippen molar-refractivity contribution < 1.29 is 4.79 Å². The predicted molar refractivity (Wildman–Crippen MR) is 66.4 cm³/mol. The van der Waals surface area contributed by atoms with Crippen molar-refractivity contribution in [3.8, 4) is 0 Å². The summed E-state index contributed by atoms with van der Waals surface area (Å²) in [6, 6.07) is 8.50. The largest absolute Gasteiger partial charge is 0.355 e. The molecule has 0 saturated carbocycles. The van der Waals surface area contributed by atoms with E-state index in [1.165, 1.54) is 11.1 Å². The van der Waals surface area contributed by atoms with E-state index in [2.05, 4.69) is 49.1 Å². The zero-order chi connectivity index (χ0) is 11.1. The molecular weight excluding hydrogens is 206 g/mol. The zero-order valence-corrected chi connectivity index (χ0v) is 9.89. The second-order valence-electron chi connectivity index (χ2n) is 3.43. The van der Waals surface area contributed by atoms with Crippen LogP contribution in [0.4, 0.5) is 0 Å². The molecule has 0 aliphatic rings. The molecule has 0 bridgehead atoms. The van der Waals surface area contributed by atoms with Gasteiger partial charge in [0.2, 0.25) is 5.91 Å². The summed E-state index contributed by atoms with van der Waals surface area (Å²) in [5, 5.41) is 2.79. The van der Waals surface area contributed by atoms with Crippen LogP contribution < -0.4 is 5.32 Å². The highest BCUT2D eigenvalue weighted by molar-refractivity contribution is 7.81. The number of rotatable bonds is 5. The highest BCUT2D eigenvalue weighted by atomic mass is 32.1. The van der Waals surface area contributed by atoms with Gasteiger partial charge in [0.15, 0.2) is 0 Å². The molecule has 3 heteroatoms. The van der Waals surface area contributed by atoms with Gasteiger partial charge in [0.05, 0.1) is 5.75 Å². The summed E-state index contributed by atoms with van der Waals surface area (Å²) in [5.74, 6) is 0.248. The number of thiol groups is 1. The van der Waals surface area contributed by atoms with Crippen molar-refractivity contribution in [1.82, 2.24) is 5.32 Å². The van der Waals surface area contributed by atoms with Gasteiger partial charge in [-0.05, 0) is 24.0 Å². The Morgan fingerprint density at radius 2 is 1.87 bits per heavy atom. The molecule has 82 valence electrons. The Balaban J connectivity index is 2.34. The van der Waals surface area contributed by atoms with Crippen molar-refractivity contribution in [2.24, 2.45) is 0 Å². The Hall–Kier alpha value is -0.960. The first-order chi connectivity index (χ1) is 7.26. The molecule has 0 radical (unpaired) electrons. The van der Waals surface area contributed by atoms with Gasteiger partial charge in [-0.25, -0.2) is 0 Å². The van der Waals surface area contributed by atoms with Crippen molar-refractivity contribution in [1.29, 1.82) is 0 Å². The molecule has 2 nitrogen and oxygen atoms in total. The summed E-state index contributed by atoms with van der Waals surface area (Å²) >= 11 is 3.89. The van der Waals surface area contributed by atoms with Crippen LogP contribution in [0.2, 0.25) is 0 Å². The fourth-order valence-corrected chi connectivity index (χ4v) is 1.46. The van der Waals surface area contributed by atoms with E-state index in [0.717, 1.165) is 12.8 Å². The minimum atomic E-state index is -0.0106. The number of nitrogens with one attached hydrogen (secondary N) is 1. The molecule has 1 amide bonds. The van der Waals surface area contributed by atoms with Gasteiger partial charge < -0.3 is 5.32 Å². The molecule has 0 aliphatic heterocycles. The lowest BCUT2D eigenvalue weighted by molar-refractivity contribution is -0.118. The Bertz CT molecular complexity index is 308. The molecule has 0 atom stereocenters. The van der Waals surface area contributed by atoms with E-state index in [-0.39, 0.29) is 11.7 Å². The first kappa shape index (κ1) is 12.1. The molecule has 1 N–H and O–H groups in total. The molecule has 0 unspecified atom stereocenters. The van der Waals surface area contributed by atoms with Crippen molar-refractivity contribution in [2.45, 2.75) is 19.8 Å². The quantitative estimate of drug-likeness (QED) is 0.733. The third kappa shape index (κ3) is 4.38. The number of hydrogen-bond donors (Lipinski definition) is 2. The van der Waals surface area contributed by atoms with Crippen molar-refractivity contribution in [3.63, 3.8) is 0 Å². The molecule has 0 aromatic heterocycles. The number of amides is 1. The molecule has 1 rings (SSSR count). The average Bonchev–Trinajstić information content (AvgIpc) is 2.29. The van der Waals surface area contributed by atoms with Crippen molar-refractivity contribution in [2.75, 3.05) is 12.3 Å². The molecule has 1 aromatic rings. The lowest BCUT2D eigenvalue weighted by Crippen LogP contribution is -2.26. The molecule has 0 fully saturated rings. The first-order valence-corrected chi connectivity index (χ1v) is 5.85. The van der Waals surface area contributed by atoms with Gasteiger partial charge in [-0.1, -0.05) is 31.2 Å². The van der Waals surface area contributed by atoms with Crippen LogP contribution in [0.3, 0.4) is 0 Å². The molecule has 15 heavy (non-hydrogen) atoms. The number of carbonyl (C=O) groups excluding carboxylic acids is 1. The standard InChI is InChI=1S/C12H17NOS/c1-2-10-3-5-11(6-4-10)7-8-13-12(14)9-15/h3-6,15H,2,7-9H2,1H3,(H,13,14). The van der Waals surface area contributed by atoms with E-state index < -0.39 is 0 Å². The average molecular weight is 223 g/mol. The van der Waals surface area contributed by atoms with Crippen LogP contribution in [0.25, 0.3) is 0 Å². The van der Waals surface area contributed by atoms with E-state index in [9.17, 15) is 4.79 Å². The Morgan fingerprint density at radius 3 is 2.40 bits per heavy atom. The number of carbonyl (C=O) groups is 1. The third-order valence-electron chi connectivity index (χ3n) is 2.31. The van der Waals surface area contributed by atoms with E-state index in [1.807, 2.05) is 0 Å². The number of aryl methyl sites for hydroxylation is 1. The Morgan fingerprint density at radius 1 is 1.27 bits per heavy atom. The second kappa shape index (κ2) is 6.51. The van der Waals surface area contributed by atoms with Crippen molar-refractivity contribution in [3.05, 3.63) is 35.4 Å². The van der Waals surface area contributed by atoms with Crippen LogP contribution in [-0.4, -0.2) is 18.2 Å². The summed E-state index contributed by atoms with van der Waals surface area (Å²) in [6.07, 6.45) is 1.94. The molecule has 0 heterocycles. The maximum Gasteiger partial charge on any atom is 0.229 e. The normalized spacial score (nSPS) is 10.0. The number of hydrogen-bond acceptors (Lipinski definition) is 2. The SMILES string of the molecule is CCc1ccc(CCNC(=O)CS)cc1. The van der Waals surface area contributed by atoms with Crippen LogP contribution in [-0.2, 0) is 17.6 Å². The van der Waals surface area contributed by atoms with Gasteiger partial charge >= 0.3 is 0 Å². The maximum atomic E-state index is 10.9. The van der Waals surface area contributed by atoms with Gasteiger partial charge in [0.25, 0.3) is 0 Å². The van der Waals surface area contributed by atoms with Gasteiger partial charge in [0, 0.05) is 6.54 Å². The lowest BCUT2D eigenvalue weighted by Gasteiger charge is -2.04. The maximum absolute atomic E-state index is 10.9. The fraction of sp³-hybridized carbons (Fsp3) is 0.417. The minimum Gasteiger partial charge on any atom is -0.355 e. The highest BCUT2D eigenvalue weighted by Crippen LogP contribution is 2.05. The van der Waals surface area contributed by atoms with E-state index in [0.29, 0.717) is 6.54 Å². The van der Waals surface area contributed by atoms with Crippen LogP contribution in [0.5, 0.6) is 0 Å². The van der Waals surface area contributed by atoms with E-state index in [4.69, 9.17) is 0 Å². The lowest BCUT2D eigenvalue weighted by atomic mass is 10.1. The van der Waals surface area contributed by atoms with Crippen LogP contribution >= 0.6 is 12.6 Å². The molecule has 0 aliphatic carbocycles. The zero-order valence-electron chi connectivity index (χ0n) is 8.99. The van der Waals surface area contributed by atoms with Crippen molar-refractivity contribution >= 4 is 18.5 Å². The van der Waals surface area contributed by atoms with Crippen LogP contribution in [0.15, 0.2) is 24.3 Å².